The number of nitrogens with two attached hydrogens (primary N) is 2. The molecule has 1 aliphatic carbocycles. The van der Waals surface area contributed by atoms with Gasteiger partial charge >= 0.3 is 6.09 Å². The van der Waals surface area contributed by atoms with E-state index in [2.05, 4.69) is 0 Å². The lowest BCUT2D eigenvalue weighted by Crippen LogP contribution is -2.43. The Bertz CT molecular complexity index is 252. The summed E-state index contributed by atoms with van der Waals surface area (Å²) in [5, 5.41) is 0. The minimum Gasteiger partial charge on any atom is -0.436 e. The van der Waals surface area contributed by atoms with Crippen LogP contribution in [0.5, 0.6) is 0 Å². The Morgan fingerprint density at radius 3 is 2.44 bits per heavy atom. The molecular weight excluding hydrogens is 210 g/mol. The fraction of sp³-hybridized carbons (Fsp3) is 0.800. The summed E-state index contributed by atoms with van der Waals surface area (Å²) >= 11 is 0. The van der Waals surface area contributed by atoms with Crippen LogP contribution in [0.3, 0.4) is 0 Å². The first kappa shape index (κ1) is 12.8. The fourth-order valence-electron chi connectivity index (χ4n) is 2.17. The van der Waals surface area contributed by atoms with Crippen LogP contribution in [0.4, 0.5) is 4.79 Å². The number of amides is 2. The molecule has 0 bridgehead atoms. The van der Waals surface area contributed by atoms with Gasteiger partial charge in [0.15, 0.2) is 6.10 Å². The number of rotatable bonds is 4. The third kappa shape index (κ3) is 4.06. The van der Waals surface area contributed by atoms with Crippen LogP contribution in [0.25, 0.3) is 0 Å². The van der Waals surface area contributed by atoms with E-state index in [4.69, 9.17) is 16.3 Å². The Labute approximate surface area is 94.7 Å². The van der Waals surface area contributed by atoms with E-state index < -0.39 is 18.1 Å². The molecule has 1 saturated carbocycles. The molecule has 6 nitrogen and oxygen atoms in total. The van der Waals surface area contributed by atoms with Crippen molar-refractivity contribution in [3.63, 3.8) is 0 Å². The third-order valence-electron chi connectivity index (χ3n) is 2.97. The first-order valence-corrected chi connectivity index (χ1v) is 5.60. The molecule has 2 amide bonds. The average molecular weight is 229 g/mol. The minimum atomic E-state index is -0.940. The van der Waals surface area contributed by atoms with Gasteiger partial charge in [0, 0.05) is 0 Å². The van der Waals surface area contributed by atoms with E-state index in [1.165, 1.54) is 6.42 Å². The number of hydrogen-bond acceptors (Lipinski definition) is 4. The van der Waals surface area contributed by atoms with Gasteiger partial charge < -0.3 is 10.5 Å². The maximum absolute atomic E-state index is 11.4. The van der Waals surface area contributed by atoms with Crippen LogP contribution in [0, 0.1) is 5.92 Å². The van der Waals surface area contributed by atoms with Crippen LogP contribution >= 0.6 is 0 Å². The molecule has 0 aromatic heterocycles. The molecule has 0 aliphatic heterocycles. The Balaban J connectivity index is 2.47. The van der Waals surface area contributed by atoms with Crippen molar-refractivity contribution in [3.05, 3.63) is 0 Å². The highest BCUT2D eigenvalue weighted by Crippen LogP contribution is 2.28. The summed E-state index contributed by atoms with van der Waals surface area (Å²) in [6.07, 6.45) is 4.41. The summed E-state index contributed by atoms with van der Waals surface area (Å²) in [6, 6.07) is 0. The number of ether oxygens (including phenoxy) is 1. The topological polar surface area (TPSA) is 107 Å². The van der Waals surface area contributed by atoms with Crippen LogP contribution in [-0.2, 0) is 9.53 Å². The van der Waals surface area contributed by atoms with Gasteiger partial charge in [0.25, 0.3) is 5.91 Å². The summed E-state index contributed by atoms with van der Waals surface area (Å²) in [5.41, 5.74) is 6.90. The second kappa shape index (κ2) is 6.32. The SMILES string of the molecule is NNC(=O)[C@H](CC1CCCCC1)OC(N)=O. The molecule has 0 spiro atoms. The Hall–Kier alpha value is -1.30. The van der Waals surface area contributed by atoms with E-state index in [0.717, 1.165) is 25.7 Å². The van der Waals surface area contributed by atoms with E-state index in [9.17, 15) is 9.59 Å². The van der Waals surface area contributed by atoms with Crippen LogP contribution < -0.4 is 17.0 Å². The highest BCUT2D eigenvalue weighted by Gasteiger charge is 2.26. The smallest absolute Gasteiger partial charge is 0.405 e. The van der Waals surface area contributed by atoms with Gasteiger partial charge in [-0.25, -0.2) is 10.6 Å². The zero-order chi connectivity index (χ0) is 12.0. The summed E-state index contributed by atoms with van der Waals surface area (Å²) < 4.78 is 4.75. The highest BCUT2D eigenvalue weighted by molar-refractivity contribution is 5.82. The summed E-state index contributed by atoms with van der Waals surface area (Å²) in [6.45, 7) is 0. The van der Waals surface area contributed by atoms with Crippen molar-refractivity contribution in [1.29, 1.82) is 0 Å². The number of nitrogens with one attached hydrogen (secondary N) is 1. The second-order valence-corrected chi connectivity index (χ2v) is 4.17. The molecule has 1 aliphatic rings. The summed E-state index contributed by atoms with van der Waals surface area (Å²) in [5.74, 6) is 4.94. The Morgan fingerprint density at radius 1 is 1.31 bits per heavy atom. The van der Waals surface area contributed by atoms with E-state index >= 15 is 0 Å². The van der Waals surface area contributed by atoms with Crippen molar-refractivity contribution >= 4 is 12.0 Å². The molecular formula is C10H19N3O3. The summed E-state index contributed by atoms with van der Waals surface area (Å²) in [4.78, 5) is 22.0. The zero-order valence-corrected chi connectivity index (χ0v) is 9.28. The quantitative estimate of drug-likeness (QED) is 0.368. The molecule has 0 saturated heterocycles. The lowest BCUT2D eigenvalue weighted by atomic mass is 9.85. The first-order valence-electron chi connectivity index (χ1n) is 5.60. The van der Waals surface area contributed by atoms with Crippen LogP contribution in [0.15, 0.2) is 0 Å². The molecule has 6 heteroatoms. The fourth-order valence-corrected chi connectivity index (χ4v) is 2.17. The van der Waals surface area contributed by atoms with Crippen molar-refractivity contribution in [2.24, 2.45) is 17.5 Å². The molecule has 0 heterocycles. The van der Waals surface area contributed by atoms with E-state index in [1.807, 2.05) is 5.43 Å². The van der Waals surface area contributed by atoms with Crippen molar-refractivity contribution in [1.82, 2.24) is 5.43 Å². The molecule has 0 aromatic rings. The van der Waals surface area contributed by atoms with Crippen LogP contribution in [-0.4, -0.2) is 18.1 Å². The third-order valence-corrected chi connectivity index (χ3v) is 2.97. The monoisotopic (exact) mass is 229 g/mol. The minimum absolute atomic E-state index is 0.412. The van der Waals surface area contributed by atoms with Gasteiger partial charge in [-0.3, -0.25) is 10.2 Å². The molecule has 16 heavy (non-hydrogen) atoms. The van der Waals surface area contributed by atoms with E-state index in [0.29, 0.717) is 12.3 Å². The van der Waals surface area contributed by atoms with Crippen molar-refractivity contribution < 1.29 is 14.3 Å². The van der Waals surface area contributed by atoms with Gasteiger partial charge in [0.05, 0.1) is 0 Å². The van der Waals surface area contributed by atoms with Crippen molar-refractivity contribution in [3.8, 4) is 0 Å². The van der Waals surface area contributed by atoms with Crippen LogP contribution in [0.2, 0.25) is 0 Å². The highest BCUT2D eigenvalue weighted by atomic mass is 16.6. The molecule has 1 rings (SSSR count). The lowest BCUT2D eigenvalue weighted by Gasteiger charge is -2.24. The van der Waals surface area contributed by atoms with Gasteiger partial charge in [-0.1, -0.05) is 32.1 Å². The molecule has 0 aromatic carbocycles. The molecule has 1 atom stereocenters. The van der Waals surface area contributed by atoms with E-state index in [1.54, 1.807) is 0 Å². The molecule has 92 valence electrons. The maximum Gasteiger partial charge on any atom is 0.405 e. The standard InChI is InChI=1S/C10H19N3O3/c11-10(15)16-8(9(14)13-12)6-7-4-2-1-3-5-7/h7-8H,1-6,12H2,(H2,11,15)(H,13,14)/t8-/m0/s1. The van der Waals surface area contributed by atoms with E-state index in [-0.39, 0.29) is 0 Å². The largest absolute Gasteiger partial charge is 0.436 e. The zero-order valence-electron chi connectivity index (χ0n) is 9.28. The number of primary amides is 1. The summed E-state index contributed by atoms with van der Waals surface area (Å²) in [7, 11) is 0. The normalized spacial score (nSPS) is 18.8. The average Bonchev–Trinajstić information content (AvgIpc) is 2.28. The van der Waals surface area contributed by atoms with Gasteiger partial charge in [0.1, 0.15) is 0 Å². The number of hydrazine groups is 1. The Morgan fingerprint density at radius 2 is 1.94 bits per heavy atom. The number of carbonyl (C=O) groups is 2. The van der Waals surface area contributed by atoms with Gasteiger partial charge in [0.2, 0.25) is 0 Å². The van der Waals surface area contributed by atoms with Gasteiger partial charge in [-0.05, 0) is 12.3 Å². The molecule has 0 unspecified atom stereocenters. The number of hydrogen-bond donors (Lipinski definition) is 3. The molecule has 5 N–H and O–H groups in total. The predicted octanol–water partition coefficient (Wildman–Crippen LogP) is 0.411. The van der Waals surface area contributed by atoms with Gasteiger partial charge in [-0.15, -0.1) is 0 Å². The molecule has 1 fully saturated rings. The second-order valence-electron chi connectivity index (χ2n) is 4.17. The Kier molecular flexibility index (Phi) is 5.04. The predicted molar refractivity (Wildman–Crippen MR) is 58.0 cm³/mol. The van der Waals surface area contributed by atoms with Gasteiger partial charge in [-0.2, -0.15) is 0 Å². The van der Waals surface area contributed by atoms with Crippen molar-refractivity contribution in [2.45, 2.75) is 44.6 Å². The first-order chi connectivity index (χ1) is 7.63. The lowest BCUT2D eigenvalue weighted by molar-refractivity contribution is -0.130. The molecule has 0 radical (unpaired) electrons. The number of carbonyl (C=O) groups excluding carboxylic acids is 2. The van der Waals surface area contributed by atoms with Crippen molar-refractivity contribution in [2.75, 3.05) is 0 Å². The maximum atomic E-state index is 11.4. The van der Waals surface area contributed by atoms with Crippen LogP contribution in [0.1, 0.15) is 38.5 Å².